The molecule has 1 aromatic rings. The van der Waals surface area contributed by atoms with Crippen molar-refractivity contribution >= 4 is 11.9 Å². The normalized spacial score (nSPS) is 11.7. The molecule has 0 aliphatic heterocycles. The van der Waals surface area contributed by atoms with Gasteiger partial charge in [-0.2, -0.15) is 0 Å². The van der Waals surface area contributed by atoms with E-state index in [2.05, 4.69) is 9.47 Å². The summed E-state index contributed by atoms with van der Waals surface area (Å²) in [6, 6.07) is 6.63. The van der Waals surface area contributed by atoms with Crippen LogP contribution in [0, 0.1) is 0 Å². The summed E-state index contributed by atoms with van der Waals surface area (Å²) in [6.45, 7) is 0. The van der Waals surface area contributed by atoms with Crippen molar-refractivity contribution in [1.29, 1.82) is 0 Å². The standard InChI is InChI=1S/C13H17NO4/c1-17-12(15)8-10-5-3-9(4-6-10)7-11(14)13(16)18-2/h3-6,11H,7-8,14H2,1-2H3/t11-/m1/s1. The lowest BCUT2D eigenvalue weighted by Crippen LogP contribution is -2.33. The molecule has 0 saturated heterocycles. The number of carbonyl (C=O) groups is 2. The summed E-state index contributed by atoms with van der Waals surface area (Å²) in [5.74, 6) is -0.720. The SMILES string of the molecule is COC(=O)Cc1ccc(C[C@@H](N)C(=O)OC)cc1. The first-order valence-electron chi connectivity index (χ1n) is 5.55. The molecule has 2 N–H and O–H groups in total. The molecule has 0 heterocycles. The fraction of sp³-hybridized carbons (Fsp3) is 0.385. The molecule has 1 atom stereocenters. The largest absolute Gasteiger partial charge is 0.469 e. The Labute approximate surface area is 106 Å². The van der Waals surface area contributed by atoms with E-state index in [1.807, 2.05) is 24.3 Å². The van der Waals surface area contributed by atoms with Crippen LogP contribution in [0.2, 0.25) is 0 Å². The molecule has 18 heavy (non-hydrogen) atoms. The molecule has 5 heteroatoms. The summed E-state index contributed by atoms with van der Waals surface area (Å²) >= 11 is 0. The Hall–Kier alpha value is -1.88. The lowest BCUT2D eigenvalue weighted by molar-refractivity contribution is -0.142. The van der Waals surface area contributed by atoms with Crippen molar-refractivity contribution in [3.8, 4) is 0 Å². The number of carbonyl (C=O) groups excluding carboxylic acids is 2. The van der Waals surface area contributed by atoms with Gasteiger partial charge in [-0.3, -0.25) is 9.59 Å². The molecule has 0 spiro atoms. The Morgan fingerprint density at radius 2 is 1.67 bits per heavy atom. The smallest absolute Gasteiger partial charge is 0.322 e. The zero-order chi connectivity index (χ0) is 13.5. The van der Waals surface area contributed by atoms with Crippen LogP contribution in [-0.4, -0.2) is 32.2 Å². The number of esters is 2. The summed E-state index contributed by atoms with van der Waals surface area (Å²) in [5.41, 5.74) is 7.43. The minimum absolute atomic E-state index is 0.236. The molecule has 0 aromatic heterocycles. The average molecular weight is 251 g/mol. The molecular formula is C13H17NO4. The van der Waals surface area contributed by atoms with Gasteiger partial charge in [0.1, 0.15) is 6.04 Å². The maximum Gasteiger partial charge on any atom is 0.322 e. The second kappa shape index (κ2) is 6.76. The van der Waals surface area contributed by atoms with Crippen molar-refractivity contribution in [2.45, 2.75) is 18.9 Å². The molecule has 0 fully saturated rings. The van der Waals surface area contributed by atoms with Crippen molar-refractivity contribution in [3.05, 3.63) is 35.4 Å². The van der Waals surface area contributed by atoms with Crippen LogP contribution in [0.1, 0.15) is 11.1 Å². The average Bonchev–Trinajstić information content (AvgIpc) is 2.39. The van der Waals surface area contributed by atoms with Gasteiger partial charge in [-0.25, -0.2) is 0 Å². The highest BCUT2D eigenvalue weighted by Gasteiger charge is 2.14. The number of benzene rings is 1. The van der Waals surface area contributed by atoms with Gasteiger partial charge in [0, 0.05) is 0 Å². The minimum atomic E-state index is -0.665. The van der Waals surface area contributed by atoms with Gasteiger partial charge in [-0.15, -0.1) is 0 Å². The maximum absolute atomic E-state index is 11.2. The molecule has 0 radical (unpaired) electrons. The van der Waals surface area contributed by atoms with E-state index in [4.69, 9.17) is 5.73 Å². The minimum Gasteiger partial charge on any atom is -0.469 e. The Balaban J connectivity index is 2.60. The van der Waals surface area contributed by atoms with Crippen LogP contribution in [0.15, 0.2) is 24.3 Å². The molecule has 0 saturated carbocycles. The van der Waals surface area contributed by atoms with E-state index in [9.17, 15) is 9.59 Å². The summed E-state index contributed by atoms with van der Waals surface area (Å²) in [5, 5.41) is 0. The highest BCUT2D eigenvalue weighted by Crippen LogP contribution is 2.08. The monoisotopic (exact) mass is 251 g/mol. The second-order valence-electron chi connectivity index (χ2n) is 3.90. The molecule has 1 rings (SSSR count). The molecule has 1 aromatic carbocycles. The fourth-order valence-corrected chi connectivity index (χ4v) is 1.52. The predicted molar refractivity (Wildman–Crippen MR) is 65.9 cm³/mol. The third kappa shape index (κ3) is 4.18. The van der Waals surface area contributed by atoms with Crippen molar-refractivity contribution < 1.29 is 19.1 Å². The first kappa shape index (κ1) is 14.2. The van der Waals surface area contributed by atoms with Gasteiger partial charge in [-0.1, -0.05) is 24.3 Å². The van der Waals surface area contributed by atoms with Crippen LogP contribution in [0.25, 0.3) is 0 Å². The predicted octanol–water partition coefficient (Wildman–Crippen LogP) is 0.445. The molecule has 0 bridgehead atoms. The summed E-state index contributed by atoms with van der Waals surface area (Å²) in [4.78, 5) is 22.2. The van der Waals surface area contributed by atoms with Gasteiger partial charge < -0.3 is 15.2 Å². The lowest BCUT2D eigenvalue weighted by atomic mass is 10.0. The van der Waals surface area contributed by atoms with Crippen LogP contribution in [0.4, 0.5) is 0 Å². The Morgan fingerprint density at radius 3 is 2.17 bits per heavy atom. The van der Waals surface area contributed by atoms with Gasteiger partial charge in [-0.05, 0) is 17.5 Å². The molecular weight excluding hydrogens is 234 g/mol. The number of methoxy groups -OCH3 is 2. The Morgan fingerprint density at radius 1 is 1.11 bits per heavy atom. The van der Waals surface area contributed by atoms with E-state index in [-0.39, 0.29) is 12.4 Å². The van der Waals surface area contributed by atoms with Crippen molar-refractivity contribution in [2.24, 2.45) is 5.73 Å². The lowest BCUT2D eigenvalue weighted by Gasteiger charge is -2.09. The van der Waals surface area contributed by atoms with Crippen LogP contribution in [-0.2, 0) is 31.9 Å². The van der Waals surface area contributed by atoms with Crippen molar-refractivity contribution in [3.63, 3.8) is 0 Å². The molecule has 5 nitrogen and oxygen atoms in total. The molecule has 0 aliphatic rings. The van der Waals surface area contributed by atoms with E-state index in [1.54, 1.807) is 0 Å². The number of rotatable bonds is 5. The Kier molecular flexibility index (Phi) is 5.32. The number of hydrogen-bond donors (Lipinski definition) is 1. The van der Waals surface area contributed by atoms with Crippen LogP contribution < -0.4 is 5.73 Å². The second-order valence-corrected chi connectivity index (χ2v) is 3.90. The molecule has 0 amide bonds. The number of ether oxygens (including phenoxy) is 2. The van der Waals surface area contributed by atoms with Crippen molar-refractivity contribution in [2.75, 3.05) is 14.2 Å². The van der Waals surface area contributed by atoms with Gasteiger partial charge in [0.05, 0.1) is 20.6 Å². The van der Waals surface area contributed by atoms with Gasteiger partial charge in [0.2, 0.25) is 0 Å². The van der Waals surface area contributed by atoms with Gasteiger partial charge >= 0.3 is 11.9 Å². The molecule has 98 valence electrons. The topological polar surface area (TPSA) is 78.6 Å². The number of nitrogens with two attached hydrogens (primary N) is 1. The molecule has 0 aliphatic carbocycles. The van der Waals surface area contributed by atoms with E-state index in [1.165, 1.54) is 14.2 Å². The van der Waals surface area contributed by atoms with E-state index in [0.717, 1.165) is 11.1 Å². The summed E-state index contributed by atoms with van der Waals surface area (Å²) in [7, 11) is 2.66. The first-order valence-corrected chi connectivity index (χ1v) is 5.55. The third-order valence-electron chi connectivity index (χ3n) is 2.56. The highest BCUT2D eigenvalue weighted by atomic mass is 16.5. The highest BCUT2D eigenvalue weighted by molar-refractivity contribution is 5.75. The zero-order valence-corrected chi connectivity index (χ0v) is 10.5. The first-order chi connectivity index (χ1) is 8.56. The fourth-order valence-electron chi connectivity index (χ4n) is 1.52. The van der Waals surface area contributed by atoms with Crippen LogP contribution in [0.5, 0.6) is 0 Å². The summed E-state index contributed by atoms with van der Waals surface area (Å²) < 4.78 is 9.12. The third-order valence-corrected chi connectivity index (χ3v) is 2.56. The summed E-state index contributed by atoms with van der Waals surface area (Å²) in [6.07, 6.45) is 0.644. The van der Waals surface area contributed by atoms with Crippen molar-refractivity contribution in [1.82, 2.24) is 0 Å². The van der Waals surface area contributed by atoms with Crippen LogP contribution in [0.3, 0.4) is 0 Å². The number of hydrogen-bond acceptors (Lipinski definition) is 5. The van der Waals surface area contributed by atoms with Gasteiger partial charge in [0.25, 0.3) is 0 Å². The Bertz CT molecular complexity index is 414. The maximum atomic E-state index is 11.2. The molecule has 0 unspecified atom stereocenters. The van der Waals surface area contributed by atoms with Crippen LogP contribution >= 0.6 is 0 Å². The van der Waals surface area contributed by atoms with E-state index in [0.29, 0.717) is 6.42 Å². The van der Waals surface area contributed by atoms with Gasteiger partial charge in [0.15, 0.2) is 0 Å². The van der Waals surface area contributed by atoms with E-state index >= 15 is 0 Å². The zero-order valence-electron chi connectivity index (χ0n) is 10.5. The quantitative estimate of drug-likeness (QED) is 0.768. The van der Waals surface area contributed by atoms with E-state index < -0.39 is 12.0 Å².